The molecular weight excluding hydrogens is 190 g/mol. The molecule has 0 amide bonds. The SMILES string of the molecule is CC(C)(F)c1c(F)cccc1C(=O)O. The van der Waals surface area contributed by atoms with Crippen molar-refractivity contribution in [2.24, 2.45) is 0 Å². The van der Waals surface area contributed by atoms with E-state index in [0.29, 0.717) is 0 Å². The van der Waals surface area contributed by atoms with Crippen LogP contribution < -0.4 is 0 Å². The molecule has 0 bridgehead atoms. The van der Waals surface area contributed by atoms with E-state index >= 15 is 0 Å². The van der Waals surface area contributed by atoms with Crippen molar-refractivity contribution in [3.8, 4) is 0 Å². The van der Waals surface area contributed by atoms with Crippen molar-refractivity contribution in [2.75, 3.05) is 0 Å². The molecule has 0 unspecified atom stereocenters. The quantitative estimate of drug-likeness (QED) is 0.796. The Hall–Kier alpha value is -1.45. The van der Waals surface area contributed by atoms with Crippen LogP contribution in [0.4, 0.5) is 8.78 Å². The van der Waals surface area contributed by atoms with Gasteiger partial charge in [-0.2, -0.15) is 0 Å². The van der Waals surface area contributed by atoms with Crippen LogP contribution >= 0.6 is 0 Å². The highest BCUT2D eigenvalue weighted by Crippen LogP contribution is 2.30. The van der Waals surface area contributed by atoms with Crippen molar-refractivity contribution in [3.63, 3.8) is 0 Å². The summed E-state index contributed by atoms with van der Waals surface area (Å²) in [5.74, 6) is -2.16. The fourth-order valence-corrected chi connectivity index (χ4v) is 1.31. The van der Waals surface area contributed by atoms with Gasteiger partial charge in [0.25, 0.3) is 0 Å². The minimum absolute atomic E-state index is 0.336. The van der Waals surface area contributed by atoms with Crippen LogP contribution in [-0.4, -0.2) is 11.1 Å². The van der Waals surface area contributed by atoms with E-state index in [9.17, 15) is 13.6 Å². The van der Waals surface area contributed by atoms with Gasteiger partial charge in [0.05, 0.1) is 5.56 Å². The summed E-state index contributed by atoms with van der Waals surface area (Å²) in [6.45, 7) is 2.25. The number of carboxylic acid groups (broad SMARTS) is 1. The first-order chi connectivity index (χ1) is 6.34. The van der Waals surface area contributed by atoms with E-state index in [1.54, 1.807) is 0 Å². The van der Waals surface area contributed by atoms with Crippen LogP contribution in [0.3, 0.4) is 0 Å². The van der Waals surface area contributed by atoms with Gasteiger partial charge >= 0.3 is 5.97 Å². The molecule has 0 atom stereocenters. The van der Waals surface area contributed by atoms with Crippen LogP contribution in [0.15, 0.2) is 18.2 Å². The Balaban J connectivity index is 3.45. The van der Waals surface area contributed by atoms with Gasteiger partial charge in [-0.1, -0.05) is 6.07 Å². The van der Waals surface area contributed by atoms with Crippen LogP contribution in [0.1, 0.15) is 29.8 Å². The molecule has 0 heterocycles. The molecule has 0 radical (unpaired) electrons. The van der Waals surface area contributed by atoms with Gasteiger partial charge in [-0.25, -0.2) is 13.6 Å². The summed E-state index contributed by atoms with van der Waals surface area (Å²) in [6.07, 6.45) is 0. The van der Waals surface area contributed by atoms with Crippen LogP contribution in [0.5, 0.6) is 0 Å². The average molecular weight is 200 g/mol. The van der Waals surface area contributed by atoms with Gasteiger partial charge in [0, 0.05) is 5.56 Å². The second-order valence-electron chi connectivity index (χ2n) is 3.44. The first-order valence-corrected chi connectivity index (χ1v) is 4.05. The lowest BCUT2D eigenvalue weighted by molar-refractivity contribution is 0.0687. The highest BCUT2D eigenvalue weighted by atomic mass is 19.1. The fraction of sp³-hybridized carbons (Fsp3) is 0.300. The monoisotopic (exact) mass is 200 g/mol. The van der Waals surface area contributed by atoms with Gasteiger partial charge in [-0.05, 0) is 26.0 Å². The molecule has 2 nitrogen and oxygen atoms in total. The lowest BCUT2D eigenvalue weighted by atomic mass is 9.94. The van der Waals surface area contributed by atoms with Crippen LogP contribution in [0, 0.1) is 5.82 Å². The lowest BCUT2D eigenvalue weighted by Gasteiger charge is -2.17. The van der Waals surface area contributed by atoms with Gasteiger partial charge in [0.1, 0.15) is 11.5 Å². The van der Waals surface area contributed by atoms with Crippen LogP contribution in [-0.2, 0) is 5.67 Å². The number of hydrogen-bond donors (Lipinski definition) is 1. The summed E-state index contributed by atoms with van der Waals surface area (Å²) in [5, 5.41) is 8.72. The summed E-state index contributed by atoms with van der Waals surface area (Å²) in [6, 6.07) is 3.47. The zero-order valence-corrected chi connectivity index (χ0v) is 7.84. The normalized spacial score (nSPS) is 11.4. The van der Waals surface area contributed by atoms with E-state index in [1.165, 1.54) is 12.1 Å². The van der Waals surface area contributed by atoms with Crippen LogP contribution in [0.2, 0.25) is 0 Å². The van der Waals surface area contributed by atoms with E-state index in [1.807, 2.05) is 0 Å². The highest BCUT2D eigenvalue weighted by Gasteiger charge is 2.28. The second kappa shape index (κ2) is 3.36. The summed E-state index contributed by atoms with van der Waals surface area (Å²) in [4.78, 5) is 10.7. The molecular formula is C10H10F2O2. The third-order valence-electron chi connectivity index (χ3n) is 1.84. The molecule has 0 aliphatic heterocycles. The van der Waals surface area contributed by atoms with E-state index in [-0.39, 0.29) is 5.56 Å². The van der Waals surface area contributed by atoms with Crippen molar-refractivity contribution in [1.29, 1.82) is 0 Å². The molecule has 4 heteroatoms. The summed E-state index contributed by atoms with van der Waals surface area (Å²) >= 11 is 0. The first-order valence-electron chi connectivity index (χ1n) is 4.05. The molecule has 0 aromatic heterocycles. The Kier molecular flexibility index (Phi) is 2.55. The van der Waals surface area contributed by atoms with Crippen LogP contribution in [0.25, 0.3) is 0 Å². The van der Waals surface area contributed by atoms with Gasteiger partial charge < -0.3 is 5.11 Å². The van der Waals surface area contributed by atoms with Crippen molar-refractivity contribution >= 4 is 5.97 Å². The highest BCUT2D eigenvalue weighted by molar-refractivity contribution is 5.89. The van der Waals surface area contributed by atoms with Gasteiger partial charge in [0.2, 0.25) is 0 Å². The summed E-state index contributed by atoms with van der Waals surface area (Å²) < 4.78 is 26.7. The maximum Gasteiger partial charge on any atom is 0.336 e. The molecule has 1 rings (SSSR count). The second-order valence-corrected chi connectivity index (χ2v) is 3.44. The molecule has 1 aromatic carbocycles. The fourth-order valence-electron chi connectivity index (χ4n) is 1.31. The summed E-state index contributed by atoms with van der Waals surface area (Å²) in [5.41, 5.74) is -2.75. The third-order valence-corrected chi connectivity index (χ3v) is 1.84. The van der Waals surface area contributed by atoms with Gasteiger partial charge in [0.15, 0.2) is 0 Å². The Bertz CT molecular complexity index is 367. The maximum atomic E-state index is 13.5. The Morgan fingerprint density at radius 2 is 2.00 bits per heavy atom. The molecule has 14 heavy (non-hydrogen) atoms. The van der Waals surface area contributed by atoms with Gasteiger partial charge in [-0.3, -0.25) is 0 Å². The number of alkyl halides is 1. The first kappa shape index (κ1) is 10.6. The number of rotatable bonds is 2. The molecule has 0 aliphatic rings. The van der Waals surface area contributed by atoms with Gasteiger partial charge in [-0.15, -0.1) is 0 Å². The number of carbonyl (C=O) groups is 1. The average Bonchev–Trinajstić information content (AvgIpc) is 2.01. The number of carboxylic acids is 1. The minimum atomic E-state index is -2.00. The van der Waals surface area contributed by atoms with Crippen molar-refractivity contribution in [3.05, 3.63) is 35.1 Å². The van der Waals surface area contributed by atoms with Crippen molar-refractivity contribution in [2.45, 2.75) is 19.5 Å². The molecule has 1 aromatic rings. The maximum absolute atomic E-state index is 13.5. The predicted octanol–water partition coefficient (Wildman–Crippen LogP) is 2.73. The Morgan fingerprint density at radius 1 is 1.43 bits per heavy atom. The molecule has 0 spiro atoms. The zero-order valence-electron chi connectivity index (χ0n) is 7.84. The largest absolute Gasteiger partial charge is 0.478 e. The van der Waals surface area contributed by atoms with E-state index in [0.717, 1.165) is 19.9 Å². The Labute approximate surface area is 80.2 Å². The third kappa shape index (κ3) is 1.89. The topological polar surface area (TPSA) is 37.3 Å². The number of hydrogen-bond acceptors (Lipinski definition) is 1. The Morgan fingerprint density at radius 3 is 2.36 bits per heavy atom. The molecule has 0 saturated heterocycles. The summed E-state index contributed by atoms with van der Waals surface area (Å²) in [7, 11) is 0. The predicted molar refractivity (Wildman–Crippen MR) is 47.5 cm³/mol. The number of aromatic carboxylic acids is 1. The molecule has 1 N–H and O–H groups in total. The van der Waals surface area contributed by atoms with Crippen molar-refractivity contribution in [1.82, 2.24) is 0 Å². The van der Waals surface area contributed by atoms with Crippen molar-refractivity contribution < 1.29 is 18.7 Å². The van der Waals surface area contributed by atoms with E-state index in [2.05, 4.69) is 0 Å². The number of halogens is 2. The van der Waals surface area contributed by atoms with E-state index in [4.69, 9.17) is 5.11 Å². The lowest BCUT2D eigenvalue weighted by Crippen LogP contribution is -2.17. The smallest absolute Gasteiger partial charge is 0.336 e. The number of benzene rings is 1. The molecule has 76 valence electrons. The molecule has 0 saturated carbocycles. The minimum Gasteiger partial charge on any atom is -0.478 e. The molecule has 0 fully saturated rings. The standard InChI is InChI=1S/C10H10F2O2/c1-10(2,12)8-6(9(13)14)4-3-5-7(8)11/h3-5H,1-2H3,(H,13,14). The van der Waals surface area contributed by atoms with E-state index < -0.39 is 23.0 Å². The zero-order chi connectivity index (χ0) is 10.9. The molecule has 0 aliphatic carbocycles.